The van der Waals surface area contributed by atoms with Crippen molar-refractivity contribution in [3.63, 3.8) is 0 Å². The van der Waals surface area contributed by atoms with E-state index in [-0.39, 0.29) is 12.6 Å². The van der Waals surface area contributed by atoms with Crippen molar-refractivity contribution in [1.82, 2.24) is 20.1 Å². The SMILES string of the molecule is Cn1nc(-c2ccc(NC(=O)NCc3cnco3)cc2)c2ccccc21. The molecule has 0 fully saturated rings. The Morgan fingerprint density at radius 3 is 2.73 bits per heavy atom. The molecule has 0 saturated heterocycles. The van der Waals surface area contributed by atoms with Crippen LogP contribution in [0, 0.1) is 0 Å². The lowest BCUT2D eigenvalue weighted by atomic mass is 10.1. The summed E-state index contributed by atoms with van der Waals surface area (Å²) in [5, 5.41) is 11.2. The van der Waals surface area contributed by atoms with Gasteiger partial charge in [-0.05, 0) is 18.2 Å². The molecule has 0 saturated carbocycles. The number of hydrogen-bond donors (Lipinski definition) is 2. The van der Waals surface area contributed by atoms with Crippen LogP contribution in [0.15, 0.2) is 65.5 Å². The summed E-state index contributed by atoms with van der Waals surface area (Å²) in [6.45, 7) is 0.282. The number of oxazole rings is 1. The van der Waals surface area contributed by atoms with Gasteiger partial charge in [0.2, 0.25) is 0 Å². The first-order valence-electron chi connectivity index (χ1n) is 8.15. The molecule has 26 heavy (non-hydrogen) atoms. The van der Waals surface area contributed by atoms with Gasteiger partial charge in [-0.2, -0.15) is 5.10 Å². The van der Waals surface area contributed by atoms with Crippen LogP contribution in [0.3, 0.4) is 0 Å². The number of rotatable bonds is 4. The molecule has 0 unspecified atom stereocenters. The molecule has 0 atom stereocenters. The highest BCUT2D eigenvalue weighted by Crippen LogP contribution is 2.28. The average Bonchev–Trinajstić information content (AvgIpc) is 3.29. The third-order valence-electron chi connectivity index (χ3n) is 4.08. The molecule has 0 aliphatic rings. The lowest BCUT2D eigenvalue weighted by molar-refractivity contribution is 0.251. The van der Waals surface area contributed by atoms with Crippen molar-refractivity contribution >= 4 is 22.6 Å². The fourth-order valence-electron chi connectivity index (χ4n) is 2.81. The van der Waals surface area contributed by atoms with Crippen molar-refractivity contribution < 1.29 is 9.21 Å². The number of amides is 2. The van der Waals surface area contributed by atoms with Crippen LogP contribution in [0.1, 0.15) is 5.76 Å². The minimum absolute atomic E-state index is 0.282. The number of carbonyl (C=O) groups is 1. The first-order chi connectivity index (χ1) is 12.7. The van der Waals surface area contributed by atoms with Crippen LogP contribution in [0.5, 0.6) is 0 Å². The quantitative estimate of drug-likeness (QED) is 0.591. The summed E-state index contributed by atoms with van der Waals surface area (Å²) in [5.41, 5.74) is 3.69. The van der Waals surface area contributed by atoms with Crippen molar-refractivity contribution in [3.8, 4) is 11.3 Å². The molecule has 0 aliphatic heterocycles. The summed E-state index contributed by atoms with van der Waals surface area (Å²) in [6, 6.07) is 15.4. The molecule has 2 N–H and O–H groups in total. The lowest BCUT2D eigenvalue weighted by Crippen LogP contribution is -2.27. The van der Waals surface area contributed by atoms with E-state index in [1.807, 2.05) is 54.2 Å². The molecule has 0 radical (unpaired) electrons. The number of aryl methyl sites for hydroxylation is 1. The molecule has 2 amide bonds. The molecule has 0 aliphatic carbocycles. The minimum atomic E-state index is -0.308. The number of benzene rings is 2. The topological polar surface area (TPSA) is 85.0 Å². The van der Waals surface area contributed by atoms with E-state index in [9.17, 15) is 4.79 Å². The van der Waals surface area contributed by atoms with E-state index in [2.05, 4.69) is 26.8 Å². The summed E-state index contributed by atoms with van der Waals surface area (Å²) in [7, 11) is 1.93. The van der Waals surface area contributed by atoms with Crippen molar-refractivity contribution in [2.24, 2.45) is 7.05 Å². The van der Waals surface area contributed by atoms with Crippen LogP contribution >= 0.6 is 0 Å². The van der Waals surface area contributed by atoms with Gasteiger partial charge in [-0.3, -0.25) is 4.68 Å². The maximum Gasteiger partial charge on any atom is 0.319 e. The Bertz CT molecular complexity index is 1040. The Kier molecular flexibility index (Phi) is 4.10. The second-order valence-corrected chi connectivity index (χ2v) is 5.84. The number of anilines is 1. The number of nitrogens with zero attached hydrogens (tertiary/aromatic N) is 3. The second kappa shape index (κ2) is 6.72. The monoisotopic (exact) mass is 347 g/mol. The number of carbonyl (C=O) groups excluding carboxylic acids is 1. The molecule has 0 spiro atoms. The summed E-state index contributed by atoms with van der Waals surface area (Å²) in [4.78, 5) is 15.7. The van der Waals surface area contributed by atoms with E-state index in [0.717, 1.165) is 22.2 Å². The van der Waals surface area contributed by atoms with E-state index < -0.39 is 0 Å². The van der Waals surface area contributed by atoms with Gasteiger partial charge in [0.05, 0.1) is 18.3 Å². The van der Waals surface area contributed by atoms with Gasteiger partial charge in [0, 0.05) is 23.7 Å². The number of hydrogen-bond acceptors (Lipinski definition) is 4. The molecule has 7 nitrogen and oxygen atoms in total. The molecular weight excluding hydrogens is 330 g/mol. The van der Waals surface area contributed by atoms with Gasteiger partial charge in [-0.25, -0.2) is 9.78 Å². The first-order valence-corrected chi connectivity index (χ1v) is 8.15. The van der Waals surface area contributed by atoms with Gasteiger partial charge >= 0.3 is 6.03 Å². The molecular formula is C19H17N5O2. The number of nitrogens with one attached hydrogen (secondary N) is 2. The van der Waals surface area contributed by atoms with Crippen molar-refractivity contribution in [1.29, 1.82) is 0 Å². The van der Waals surface area contributed by atoms with Gasteiger partial charge in [0.25, 0.3) is 0 Å². The van der Waals surface area contributed by atoms with Gasteiger partial charge in [0.15, 0.2) is 6.39 Å². The van der Waals surface area contributed by atoms with Crippen molar-refractivity contribution in [2.45, 2.75) is 6.54 Å². The third-order valence-corrected chi connectivity index (χ3v) is 4.08. The molecule has 2 aromatic carbocycles. The highest BCUT2D eigenvalue weighted by molar-refractivity contribution is 5.94. The van der Waals surface area contributed by atoms with Gasteiger partial charge in [-0.15, -0.1) is 0 Å². The Labute approximate surface area is 149 Å². The minimum Gasteiger partial charge on any atom is -0.447 e. The molecule has 4 aromatic rings. The van der Waals surface area contributed by atoms with Gasteiger partial charge < -0.3 is 15.1 Å². The average molecular weight is 347 g/mol. The molecule has 2 aromatic heterocycles. The Balaban J connectivity index is 1.47. The zero-order valence-corrected chi connectivity index (χ0v) is 14.1. The van der Waals surface area contributed by atoms with Gasteiger partial charge in [0.1, 0.15) is 11.5 Å². The fourth-order valence-corrected chi connectivity index (χ4v) is 2.81. The smallest absolute Gasteiger partial charge is 0.319 e. The first kappa shape index (κ1) is 15.9. The highest BCUT2D eigenvalue weighted by atomic mass is 16.3. The standard InChI is InChI=1S/C19H17N5O2/c1-24-17-5-3-2-4-16(17)18(23-24)13-6-8-14(9-7-13)22-19(25)21-11-15-10-20-12-26-15/h2-10,12H,11H2,1H3,(H2,21,22,25). The van der Waals surface area contributed by atoms with Crippen LogP contribution in [0.2, 0.25) is 0 Å². The normalized spacial score (nSPS) is 10.8. The highest BCUT2D eigenvalue weighted by Gasteiger charge is 2.10. The zero-order chi connectivity index (χ0) is 17.9. The van der Waals surface area contributed by atoms with E-state index in [4.69, 9.17) is 4.42 Å². The van der Waals surface area contributed by atoms with Crippen LogP contribution in [-0.2, 0) is 13.6 Å². The molecule has 0 bridgehead atoms. The number of para-hydroxylation sites is 1. The summed E-state index contributed by atoms with van der Waals surface area (Å²) in [5.74, 6) is 0.595. The summed E-state index contributed by atoms with van der Waals surface area (Å²) in [6.07, 6.45) is 2.89. The summed E-state index contributed by atoms with van der Waals surface area (Å²) < 4.78 is 6.94. The largest absolute Gasteiger partial charge is 0.447 e. The summed E-state index contributed by atoms with van der Waals surface area (Å²) >= 11 is 0. The van der Waals surface area contributed by atoms with Crippen LogP contribution in [0.25, 0.3) is 22.2 Å². The predicted molar refractivity (Wildman–Crippen MR) is 98.5 cm³/mol. The van der Waals surface area contributed by atoms with Crippen LogP contribution < -0.4 is 10.6 Å². The van der Waals surface area contributed by atoms with Crippen molar-refractivity contribution in [2.75, 3.05) is 5.32 Å². The van der Waals surface area contributed by atoms with Crippen LogP contribution in [-0.4, -0.2) is 20.8 Å². The van der Waals surface area contributed by atoms with Gasteiger partial charge in [-0.1, -0.05) is 30.3 Å². The van der Waals surface area contributed by atoms with Crippen LogP contribution in [0.4, 0.5) is 10.5 Å². The lowest BCUT2D eigenvalue weighted by Gasteiger charge is -2.07. The Hall–Kier alpha value is -3.61. The Morgan fingerprint density at radius 1 is 1.15 bits per heavy atom. The number of urea groups is 1. The van der Waals surface area contributed by atoms with E-state index in [1.165, 1.54) is 6.39 Å². The molecule has 7 heteroatoms. The maximum absolute atomic E-state index is 11.9. The van der Waals surface area contributed by atoms with Crippen molar-refractivity contribution in [3.05, 3.63) is 66.9 Å². The fraction of sp³-hybridized carbons (Fsp3) is 0.105. The zero-order valence-electron chi connectivity index (χ0n) is 14.1. The third kappa shape index (κ3) is 3.14. The van der Waals surface area contributed by atoms with E-state index >= 15 is 0 Å². The maximum atomic E-state index is 11.9. The second-order valence-electron chi connectivity index (χ2n) is 5.84. The number of fused-ring (bicyclic) bond motifs is 1. The number of aromatic nitrogens is 3. The molecule has 4 rings (SSSR count). The van der Waals surface area contributed by atoms with E-state index in [0.29, 0.717) is 11.4 Å². The predicted octanol–water partition coefficient (Wildman–Crippen LogP) is 3.55. The Morgan fingerprint density at radius 2 is 1.96 bits per heavy atom. The van der Waals surface area contributed by atoms with E-state index in [1.54, 1.807) is 6.20 Å². The molecule has 130 valence electrons. The molecule has 2 heterocycles.